The molecule has 0 spiro atoms. The van der Waals surface area contributed by atoms with Crippen LogP contribution in [0, 0.1) is 29.6 Å². The summed E-state index contributed by atoms with van der Waals surface area (Å²) < 4.78 is 1.27. The monoisotopic (exact) mass is 804 g/mol. The Kier molecular flexibility index (Phi) is 8.88. The number of nitrogens with zero attached hydrogens (tertiary/aromatic N) is 4. The van der Waals surface area contributed by atoms with Gasteiger partial charge in [-0.2, -0.15) is 10.5 Å². The first kappa shape index (κ1) is 38.4. The summed E-state index contributed by atoms with van der Waals surface area (Å²) in [5, 5.41) is 22.9. The number of thiophene rings is 1. The van der Waals surface area contributed by atoms with Crippen LogP contribution in [0.1, 0.15) is 69.4 Å². The third kappa shape index (κ3) is 6.25. The zero-order valence-electron chi connectivity index (χ0n) is 35.6. The van der Waals surface area contributed by atoms with Crippen LogP contribution < -0.4 is 26.2 Å². The predicted molar refractivity (Wildman–Crippen MR) is 258 cm³/mol. The van der Waals surface area contributed by atoms with Gasteiger partial charge in [0.25, 0.3) is 6.71 Å². The Morgan fingerprint density at radius 1 is 0.525 bits per heavy atom. The van der Waals surface area contributed by atoms with Crippen molar-refractivity contribution in [3.8, 4) is 34.4 Å². The molecule has 3 heterocycles. The number of hydrogen-bond donors (Lipinski definition) is 0. The van der Waals surface area contributed by atoms with Crippen molar-refractivity contribution >= 4 is 78.0 Å². The first-order valence-corrected chi connectivity index (χ1v) is 21.8. The SMILES string of the molecule is Cc1cc2c3c(c1)N(c1ccc(C(C)(C)C)cc1)c1sc4ccc(C(C)(C)C)cc4c1B3c1ccc(-c3ccccc3C#N)cc1N2c1cccc(-c2ccccc2C#N)c1. The van der Waals surface area contributed by atoms with E-state index in [1.165, 1.54) is 48.3 Å². The van der Waals surface area contributed by atoms with Crippen molar-refractivity contribution in [3.63, 3.8) is 0 Å². The molecular formula is C55H45BN4S. The molecule has 2 aliphatic rings. The molecular weight excluding hydrogens is 760 g/mol. The molecule has 294 valence electrons. The van der Waals surface area contributed by atoms with Crippen molar-refractivity contribution in [2.24, 2.45) is 0 Å². The van der Waals surface area contributed by atoms with Crippen LogP contribution in [-0.4, -0.2) is 6.71 Å². The lowest BCUT2D eigenvalue weighted by atomic mass is 9.33. The van der Waals surface area contributed by atoms with E-state index < -0.39 is 0 Å². The van der Waals surface area contributed by atoms with Crippen LogP contribution in [0.5, 0.6) is 0 Å². The number of rotatable bonds is 4. The number of anilines is 6. The molecule has 0 saturated carbocycles. The smallest absolute Gasteiger partial charge is 0.254 e. The van der Waals surface area contributed by atoms with Gasteiger partial charge in [0.15, 0.2) is 0 Å². The third-order valence-electron chi connectivity index (χ3n) is 12.5. The maximum absolute atomic E-state index is 10.3. The topological polar surface area (TPSA) is 54.1 Å². The minimum absolute atomic E-state index is 0.0270. The summed E-state index contributed by atoms with van der Waals surface area (Å²) in [6.45, 7) is 15.8. The lowest BCUT2D eigenvalue weighted by Gasteiger charge is -2.43. The van der Waals surface area contributed by atoms with E-state index in [9.17, 15) is 10.5 Å². The minimum atomic E-state index is -0.0660. The van der Waals surface area contributed by atoms with Gasteiger partial charge in [-0.25, -0.2) is 0 Å². The van der Waals surface area contributed by atoms with Crippen LogP contribution in [0.15, 0.2) is 146 Å². The average molecular weight is 805 g/mol. The highest BCUT2D eigenvalue weighted by atomic mass is 32.1. The molecule has 0 atom stereocenters. The van der Waals surface area contributed by atoms with Crippen LogP contribution >= 0.6 is 11.3 Å². The maximum atomic E-state index is 10.3. The Labute approximate surface area is 363 Å². The van der Waals surface area contributed by atoms with Gasteiger partial charge in [0, 0.05) is 33.1 Å². The number of nitriles is 2. The summed E-state index contributed by atoms with van der Waals surface area (Å²) in [5.41, 5.74) is 18.2. The number of hydrogen-bond acceptors (Lipinski definition) is 5. The van der Waals surface area contributed by atoms with E-state index >= 15 is 0 Å². The van der Waals surface area contributed by atoms with Crippen LogP contribution in [0.25, 0.3) is 32.3 Å². The maximum Gasteiger partial charge on any atom is 0.254 e. The summed E-state index contributed by atoms with van der Waals surface area (Å²) in [4.78, 5) is 4.95. The largest absolute Gasteiger partial charge is 0.311 e. The van der Waals surface area contributed by atoms with Crippen molar-refractivity contribution in [2.45, 2.75) is 59.3 Å². The molecule has 6 heteroatoms. The highest BCUT2D eigenvalue weighted by Gasteiger charge is 2.45. The lowest BCUT2D eigenvalue weighted by molar-refractivity contribution is 0.590. The standard InChI is InChI=1S/C55H45BN4S/c1-34-27-48-52-49(28-34)60(41-23-20-39(21-24-41)54(2,3)4)53-51(45-31-40(55(5,6)7)22-26-50(45)61-53)56(52)46-25-19-36(44-18-11-9-14-38(44)33-58)30-47(46)59(48)42-16-12-15-35(29-42)43-17-10-8-13-37(43)32-57/h8-31H,1-7H3. The molecule has 0 N–H and O–H groups in total. The molecule has 10 rings (SSSR count). The van der Waals surface area contributed by atoms with Crippen molar-refractivity contribution in [1.29, 1.82) is 10.5 Å². The molecule has 0 fully saturated rings. The molecule has 2 aliphatic heterocycles. The van der Waals surface area contributed by atoms with Crippen molar-refractivity contribution in [3.05, 3.63) is 173 Å². The number of benzene rings is 7. The Morgan fingerprint density at radius 3 is 1.77 bits per heavy atom. The predicted octanol–water partition coefficient (Wildman–Crippen LogP) is 13.0. The van der Waals surface area contributed by atoms with E-state index in [-0.39, 0.29) is 17.5 Å². The van der Waals surface area contributed by atoms with Gasteiger partial charge in [0.2, 0.25) is 0 Å². The van der Waals surface area contributed by atoms with Gasteiger partial charge in [-0.15, -0.1) is 11.3 Å². The van der Waals surface area contributed by atoms with Crippen LogP contribution in [0.2, 0.25) is 0 Å². The lowest BCUT2D eigenvalue weighted by Crippen LogP contribution is -2.61. The summed E-state index contributed by atoms with van der Waals surface area (Å²) in [7, 11) is 0. The van der Waals surface area contributed by atoms with E-state index in [0.717, 1.165) is 50.6 Å². The zero-order valence-corrected chi connectivity index (χ0v) is 36.4. The van der Waals surface area contributed by atoms with E-state index in [1.807, 2.05) is 59.9 Å². The van der Waals surface area contributed by atoms with Crippen LogP contribution in [0.3, 0.4) is 0 Å². The second-order valence-electron chi connectivity index (χ2n) is 18.5. The molecule has 4 nitrogen and oxygen atoms in total. The quantitative estimate of drug-likeness (QED) is 0.166. The average Bonchev–Trinajstić information content (AvgIpc) is 3.64. The second-order valence-corrected chi connectivity index (χ2v) is 19.6. The molecule has 1 aromatic heterocycles. The van der Waals surface area contributed by atoms with Crippen molar-refractivity contribution in [2.75, 3.05) is 9.80 Å². The molecule has 8 aromatic rings. The van der Waals surface area contributed by atoms with Gasteiger partial charge in [-0.3, -0.25) is 0 Å². The van der Waals surface area contributed by atoms with Gasteiger partial charge in [-0.1, -0.05) is 126 Å². The van der Waals surface area contributed by atoms with E-state index in [1.54, 1.807) is 0 Å². The first-order valence-electron chi connectivity index (χ1n) is 21.0. The highest BCUT2D eigenvalue weighted by molar-refractivity contribution is 7.26. The highest BCUT2D eigenvalue weighted by Crippen LogP contribution is 2.49. The van der Waals surface area contributed by atoms with E-state index in [2.05, 4.69) is 167 Å². The fraction of sp³-hybridized carbons (Fsp3) is 0.164. The van der Waals surface area contributed by atoms with Gasteiger partial charge in [0.1, 0.15) is 0 Å². The van der Waals surface area contributed by atoms with Gasteiger partial charge in [0.05, 0.1) is 28.3 Å². The molecule has 0 bridgehead atoms. The summed E-state index contributed by atoms with van der Waals surface area (Å²) in [6.07, 6.45) is 0. The molecule has 0 amide bonds. The molecule has 0 aliphatic carbocycles. The summed E-state index contributed by atoms with van der Waals surface area (Å²) >= 11 is 1.88. The Bertz CT molecular complexity index is 3170. The third-order valence-corrected chi connectivity index (χ3v) is 13.7. The molecule has 0 saturated heterocycles. The Balaban J connectivity index is 1.30. The first-order chi connectivity index (χ1) is 29.3. The van der Waals surface area contributed by atoms with Gasteiger partial charge in [-0.05, 0) is 139 Å². The van der Waals surface area contributed by atoms with Crippen molar-refractivity contribution < 1.29 is 0 Å². The van der Waals surface area contributed by atoms with Gasteiger partial charge >= 0.3 is 0 Å². The fourth-order valence-electron chi connectivity index (χ4n) is 9.41. The normalized spacial score (nSPS) is 13.0. The summed E-state index contributed by atoms with van der Waals surface area (Å²) in [5.74, 6) is 0. The van der Waals surface area contributed by atoms with Crippen LogP contribution in [0.4, 0.5) is 33.4 Å². The Morgan fingerprint density at radius 2 is 1.13 bits per heavy atom. The minimum Gasteiger partial charge on any atom is -0.311 e. The van der Waals surface area contributed by atoms with Crippen LogP contribution in [-0.2, 0) is 10.8 Å². The Hall–Kier alpha value is -6.86. The van der Waals surface area contributed by atoms with E-state index in [0.29, 0.717) is 11.1 Å². The molecule has 0 radical (unpaired) electrons. The number of fused-ring (bicyclic) bond motifs is 6. The number of aryl methyl sites for hydroxylation is 1. The molecule has 61 heavy (non-hydrogen) atoms. The molecule has 7 aromatic carbocycles. The van der Waals surface area contributed by atoms with E-state index in [4.69, 9.17) is 0 Å². The summed E-state index contributed by atoms with van der Waals surface area (Å²) in [6, 6.07) is 57.0. The molecule has 0 unspecified atom stereocenters. The van der Waals surface area contributed by atoms with Gasteiger partial charge < -0.3 is 9.80 Å². The fourth-order valence-corrected chi connectivity index (χ4v) is 10.7. The zero-order chi connectivity index (χ0) is 42.4. The second kappa shape index (κ2) is 14.1. The van der Waals surface area contributed by atoms with Crippen molar-refractivity contribution in [1.82, 2.24) is 0 Å².